The predicted octanol–water partition coefficient (Wildman–Crippen LogP) is 3.56. The molecule has 0 saturated heterocycles. The first kappa shape index (κ1) is 16.4. The number of alkyl halides is 2. The Morgan fingerprint density at radius 2 is 1.83 bits per heavy atom. The molecule has 0 radical (unpaired) electrons. The van der Waals surface area contributed by atoms with Crippen LogP contribution in [0.4, 0.5) is 0 Å². The van der Waals surface area contributed by atoms with Crippen molar-refractivity contribution in [2.45, 2.75) is 23.8 Å². The smallest absolute Gasteiger partial charge is 0.207 e. The summed E-state index contributed by atoms with van der Waals surface area (Å²) in [6.45, 7) is 1.93. The van der Waals surface area contributed by atoms with E-state index in [9.17, 15) is 8.42 Å². The second-order valence-corrected chi connectivity index (χ2v) is 7.12. The van der Waals surface area contributed by atoms with Crippen LogP contribution in [0.3, 0.4) is 0 Å². The zero-order valence-electron chi connectivity index (χ0n) is 9.79. The molecule has 0 aliphatic carbocycles. The Kier molecular flexibility index (Phi) is 6.12. The maximum absolute atomic E-state index is 12.3. The van der Waals surface area contributed by atoms with E-state index < -0.39 is 15.6 Å². The van der Waals surface area contributed by atoms with Gasteiger partial charge < -0.3 is 0 Å². The Labute approximate surface area is 130 Å². The Bertz CT molecular complexity index is 495. The molecule has 1 aromatic rings. The fourth-order valence-corrected chi connectivity index (χ4v) is 5.72. The first-order chi connectivity index (χ1) is 8.40. The Morgan fingerprint density at radius 1 is 1.28 bits per heavy atom. The lowest BCUT2D eigenvalue weighted by molar-refractivity contribution is 0.459. The Morgan fingerprint density at radius 3 is 2.28 bits per heavy atom. The average Bonchev–Trinajstić information content (AvgIpc) is 2.36. The average molecular weight is 420 g/mol. The van der Waals surface area contributed by atoms with Crippen LogP contribution in [0.25, 0.3) is 0 Å². The van der Waals surface area contributed by atoms with Gasteiger partial charge in [0, 0.05) is 10.7 Å². The summed E-state index contributed by atoms with van der Waals surface area (Å²) < 4.78 is 27.3. The monoisotopic (exact) mass is 417 g/mol. The molecule has 0 aliphatic heterocycles. The second kappa shape index (κ2) is 6.70. The summed E-state index contributed by atoms with van der Waals surface area (Å²) in [7, 11) is -3.63. The molecule has 0 spiro atoms. The van der Waals surface area contributed by atoms with E-state index in [0.717, 1.165) is 0 Å². The van der Waals surface area contributed by atoms with Gasteiger partial charge in [0.15, 0.2) is 0 Å². The molecule has 3 nitrogen and oxygen atoms in total. The Hall–Kier alpha value is 0.380. The van der Waals surface area contributed by atoms with Crippen LogP contribution < -0.4 is 4.72 Å². The second-order valence-electron chi connectivity index (χ2n) is 3.94. The fourth-order valence-electron chi connectivity index (χ4n) is 1.35. The van der Waals surface area contributed by atoms with Crippen molar-refractivity contribution in [3.8, 4) is 0 Å². The molecule has 1 rings (SSSR count). The summed E-state index contributed by atoms with van der Waals surface area (Å²) >= 11 is 12.6. The van der Waals surface area contributed by atoms with Gasteiger partial charge in [0.05, 0.1) is 10.6 Å². The lowest BCUT2D eigenvalue weighted by Crippen LogP contribution is -2.50. The summed E-state index contributed by atoms with van der Waals surface area (Å²) in [6, 6.07) is 6.40. The van der Waals surface area contributed by atoms with Crippen molar-refractivity contribution in [2.24, 2.45) is 0 Å². The minimum atomic E-state index is -3.63. The molecule has 0 saturated carbocycles. The molecule has 102 valence electrons. The van der Waals surface area contributed by atoms with Crippen LogP contribution in [0, 0.1) is 0 Å². The number of halogens is 3. The standard InChI is InChI=1S/C11H14Br2ClNO2S/c1-2-11(7-12,8-13)15-18(16,17)10-6-4-3-5-9(10)14/h3-6,15H,2,7-8H2,1H3. The van der Waals surface area contributed by atoms with Crippen molar-refractivity contribution < 1.29 is 8.42 Å². The third kappa shape index (κ3) is 3.70. The maximum Gasteiger partial charge on any atom is 0.242 e. The van der Waals surface area contributed by atoms with Crippen molar-refractivity contribution in [1.29, 1.82) is 0 Å². The van der Waals surface area contributed by atoms with Crippen LogP contribution in [0.2, 0.25) is 5.02 Å². The highest BCUT2D eigenvalue weighted by molar-refractivity contribution is 9.09. The molecule has 0 heterocycles. The van der Waals surface area contributed by atoms with Gasteiger partial charge in [0.25, 0.3) is 0 Å². The van der Waals surface area contributed by atoms with E-state index in [1.165, 1.54) is 6.07 Å². The highest BCUT2D eigenvalue weighted by Gasteiger charge is 2.32. The van der Waals surface area contributed by atoms with Gasteiger partial charge >= 0.3 is 0 Å². The van der Waals surface area contributed by atoms with E-state index in [4.69, 9.17) is 11.6 Å². The van der Waals surface area contributed by atoms with Crippen LogP contribution in [0.15, 0.2) is 29.2 Å². The summed E-state index contributed by atoms with van der Waals surface area (Å²) in [5.74, 6) is 0. The molecule has 0 aromatic heterocycles. The molecule has 0 amide bonds. The molecule has 0 bridgehead atoms. The minimum absolute atomic E-state index is 0.103. The van der Waals surface area contributed by atoms with Gasteiger partial charge in [-0.3, -0.25) is 0 Å². The molecule has 1 aromatic carbocycles. The quantitative estimate of drug-likeness (QED) is 0.717. The van der Waals surface area contributed by atoms with Gasteiger partial charge in [0.2, 0.25) is 10.0 Å². The molecule has 1 N–H and O–H groups in total. The number of hydrogen-bond donors (Lipinski definition) is 1. The summed E-state index contributed by atoms with van der Waals surface area (Å²) in [5.41, 5.74) is -0.558. The molecule has 0 atom stereocenters. The van der Waals surface area contributed by atoms with Gasteiger partial charge in [-0.25, -0.2) is 13.1 Å². The zero-order valence-corrected chi connectivity index (χ0v) is 14.5. The van der Waals surface area contributed by atoms with Crippen LogP contribution in [-0.2, 0) is 10.0 Å². The van der Waals surface area contributed by atoms with Gasteiger partial charge in [0.1, 0.15) is 4.90 Å². The van der Waals surface area contributed by atoms with Crippen molar-refractivity contribution in [2.75, 3.05) is 10.7 Å². The maximum atomic E-state index is 12.3. The Balaban J connectivity index is 3.13. The van der Waals surface area contributed by atoms with Gasteiger partial charge in [-0.05, 0) is 18.6 Å². The van der Waals surface area contributed by atoms with Crippen LogP contribution in [-0.4, -0.2) is 24.6 Å². The summed E-state index contributed by atoms with van der Waals surface area (Å²) in [5, 5.41) is 1.26. The predicted molar refractivity (Wildman–Crippen MR) is 82.4 cm³/mol. The van der Waals surface area contributed by atoms with Crippen molar-refractivity contribution in [3.63, 3.8) is 0 Å². The third-order valence-corrected chi connectivity index (χ3v) is 6.89. The number of sulfonamides is 1. The van der Waals surface area contributed by atoms with E-state index in [2.05, 4.69) is 36.6 Å². The first-order valence-corrected chi connectivity index (χ1v) is 9.41. The summed E-state index contributed by atoms with van der Waals surface area (Å²) in [6.07, 6.45) is 0.660. The topological polar surface area (TPSA) is 46.2 Å². The van der Waals surface area contributed by atoms with E-state index in [0.29, 0.717) is 17.1 Å². The number of hydrogen-bond acceptors (Lipinski definition) is 2. The zero-order chi connectivity index (χ0) is 13.8. The van der Waals surface area contributed by atoms with Crippen LogP contribution in [0.5, 0.6) is 0 Å². The van der Waals surface area contributed by atoms with Crippen molar-refractivity contribution in [1.82, 2.24) is 4.72 Å². The third-order valence-electron chi connectivity index (χ3n) is 2.67. The molecular formula is C11H14Br2ClNO2S. The normalized spacial score (nSPS) is 12.7. The van der Waals surface area contributed by atoms with Crippen LogP contribution in [0.1, 0.15) is 13.3 Å². The SMILES string of the molecule is CCC(CBr)(CBr)NS(=O)(=O)c1ccccc1Cl. The molecule has 0 fully saturated rings. The number of nitrogens with one attached hydrogen (secondary N) is 1. The van der Waals surface area contributed by atoms with E-state index in [-0.39, 0.29) is 9.92 Å². The van der Waals surface area contributed by atoms with E-state index in [1.54, 1.807) is 18.2 Å². The number of benzene rings is 1. The molecule has 18 heavy (non-hydrogen) atoms. The van der Waals surface area contributed by atoms with Gasteiger partial charge in [-0.15, -0.1) is 0 Å². The van der Waals surface area contributed by atoms with Crippen LogP contribution >= 0.6 is 43.5 Å². The highest BCUT2D eigenvalue weighted by Crippen LogP contribution is 2.25. The summed E-state index contributed by atoms with van der Waals surface area (Å²) in [4.78, 5) is 0.103. The molecule has 7 heteroatoms. The molecule has 0 unspecified atom stereocenters. The minimum Gasteiger partial charge on any atom is -0.207 e. The van der Waals surface area contributed by atoms with Crippen molar-refractivity contribution >= 4 is 53.5 Å². The van der Waals surface area contributed by atoms with E-state index >= 15 is 0 Å². The fraction of sp³-hybridized carbons (Fsp3) is 0.455. The molecule has 0 aliphatic rings. The highest BCUT2D eigenvalue weighted by atomic mass is 79.9. The van der Waals surface area contributed by atoms with Gasteiger partial charge in [-0.1, -0.05) is 62.5 Å². The largest absolute Gasteiger partial charge is 0.242 e. The lowest BCUT2D eigenvalue weighted by atomic mass is 10.0. The molecular weight excluding hydrogens is 405 g/mol. The lowest BCUT2D eigenvalue weighted by Gasteiger charge is -2.29. The van der Waals surface area contributed by atoms with E-state index in [1.807, 2.05) is 6.92 Å². The van der Waals surface area contributed by atoms with Gasteiger partial charge in [-0.2, -0.15) is 0 Å². The van der Waals surface area contributed by atoms with Crippen molar-refractivity contribution in [3.05, 3.63) is 29.3 Å². The first-order valence-electron chi connectivity index (χ1n) is 5.31. The number of rotatable bonds is 6.